The molecule has 1 aromatic heterocycles. The summed E-state index contributed by atoms with van der Waals surface area (Å²) < 4.78 is 0. The van der Waals surface area contributed by atoms with Gasteiger partial charge in [-0.2, -0.15) is 0 Å². The van der Waals surface area contributed by atoms with Crippen LogP contribution >= 0.6 is 0 Å². The first-order chi connectivity index (χ1) is 17.4. The Morgan fingerprint density at radius 3 is 2.17 bits per heavy atom. The number of hydrogen-bond acceptors (Lipinski definition) is 4. The van der Waals surface area contributed by atoms with E-state index in [0.717, 1.165) is 27.6 Å². The Bertz CT molecular complexity index is 1580. The van der Waals surface area contributed by atoms with Crippen molar-refractivity contribution in [1.29, 1.82) is 0 Å². The molecule has 1 N–H and O–H groups in total. The van der Waals surface area contributed by atoms with Gasteiger partial charge in [0.25, 0.3) is 0 Å². The molecule has 0 amide bonds. The maximum absolute atomic E-state index is 14.8. The topological polar surface area (TPSA) is 70.2 Å². The number of H-pyrrole nitrogens is 1. The number of Topliss-reactive ketones (excluding diaryl/α,β-unsaturated/α-hetero) is 3. The number of aromatic nitrogens is 1. The largest absolute Gasteiger partial charge is 0.352 e. The van der Waals surface area contributed by atoms with Crippen LogP contribution in [0.2, 0.25) is 0 Å². The van der Waals surface area contributed by atoms with Crippen LogP contribution in [0, 0.1) is 12.3 Å². The number of hydrogen-bond donors (Lipinski definition) is 1. The Kier molecular flexibility index (Phi) is 4.24. The van der Waals surface area contributed by atoms with Gasteiger partial charge < -0.3 is 4.98 Å². The molecule has 5 nitrogen and oxygen atoms in total. The zero-order valence-corrected chi connectivity index (χ0v) is 20.3. The lowest BCUT2D eigenvalue weighted by Gasteiger charge is -2.46. The van der Waals surface area contributed by atoms with Crippen LogP contribution in [0.1, 0.15) is 60.2 Å². The third kappa shape index (κ3) is 2.32. The standard InChI is InChI=1S/C31H26N2O3/c1-18-11-13-19(14-12-18)24-17-33(2)31(27(34)22-8-3-4-9-23(22)28(31)35)30(24)16-15-21-20-7-5-6-10-25(20)32-26(21)29(30)36/h3-14,24,32H,15-17H2,1-2H3/t24-,30+/m0/s1. The molecule has 1 aliphatic heterocycles. The van der Waals surface area contributed by atoms with Crippen molar-refractivity contribution in [3.05, 3.63) is 106 Å². The third-order valence-corrected chi connectivity index (χ3v) is 9.04. The second-order valence-corrected chi connectivity index (χ2v) is 10.6. The van der Waals surface area contributed by atoms with Crippen molar-refractivity contribution in [2.75, 3.05) is 13.6 Å². The number of nitrogens with one attached hydrogen (secondary N) is 1. The number of carbonyl (C=O) groups is 3. The van der Waals surface area contributed by atoms with Gasteiger partial charge in [0, 0.05) is 34.5 Å². The molecule has 3 aromatic carbocycles. The van der Waals surface area contributed by atoms with Gasteiger partial charge >= 0.3 is 0 Å². The van der Waals surface area contributed by atoms with E-state index in [1.165, 1.54) is 0 Å². The Labute approximate surface area is 209 Å². The minimum atomic E-state index is -1.56. The fourth-order valence-corrected chi connectivity index (χ4v) is 7.46. The summed E-state index contributed by atoms with van der Waals surface area (Å²) in [5, 5.41) is 1.04. The van der Waals surface area contributed by atoms with Gasteiger partial charge in [-0.3, -0.25) is 19.3 Å². The van der Waals surface area contributed by atoms with Gasteiger partial charge in [-0.25, -0.2) is 0 Å². The monoisotopic (exact) mass is 474 g/mol. The van der Waals surface area contributed by atoms with Crippen molar-refractivity contribution in [1.82, 2.24) is 9.88 Å². The summed E-state index contributed by atoms with van der Waals surface area (Å²) in [4.78, 5) is 48.8. The summed E-state index contributed by atoms with van der Waals surface area (Å²) in [6.07, 6.45) is 1.06. The van der Waals surface area contributed by atoms with E-state index in [-0.39, 0.29) is 23.3 Å². The lowest BCUT2D eigenvalue weighted by Crippen LogP contribution is -2.65. The van der Waals surface area contributed by atoms with Crippen molar-refractivity contribution >= 4 is 28.3 Å². The molecule has 3 aliphatic rings. The number of benzene rings is 3. The van der Waals surface area contributed by atoms with E-state index in [4.69, 9.17) is 0 Å². The van der Waals surface area contributed by atoms with Crippen LogP contribution in [-0.4, -0.2) is 46.4 Å². The van der Waals surface area contributed by atoms with Crippen LogP contribution < -0.4 is 0 Å². The Morgan fingerprint density at radius 1 is 0.833 bits per heavy atom. The molecule has 7 rings (SSSR count). The highest BCUT2D eigenvalue weighted by molar-refractivity contribution is 6.36. The van der Waals surface area contributed by atoms with Crippen LogP contribution in [0.3, 0.4) is 0 Å². The summed E-state index contributed by atoms with van der Waals surface area (Å²) in [6.45, 7) is 2.49. The summed E-state index contributed by atoms with van der Waals surface area (Å²) >= 11 is 0. The maximum Gasteiger partial charge on any atom is 0.192 e. The van der Waals surface area contributed by atoms with Crippen LogP contribution in [0.4, 0.5) is 0 Å². The molecule has 1 saturated heterocycles. The molecular formula is C31H26N2O3. The van der Waals surface area contributed by atoms with E-state index >= 15 is 0 Å². The number of likely N-dealkylation sites (tertiary alicyclic amines) is 1. The van der Waals surface area contributed by atoms with Crippen molar-refractivity contribution in [3.63, 3.8) is 0 Å². The van der Waals surface area contributed by atoms with Crippen molar-refractivity contribution in [3.8, 4) is 0 Å². The predicted octanol–water partition coefficient (Wildman–Crippen LogP) is 5.14. The van der Waals surface area contributed by atoms with Gasteiger partial charge in [0.1, 0.15) is 0 Å². The normalized spacial score (nSPS) is 24.7. The zero-order valence-electron chi connectivity index (χ0n) is 20.3. The van der Waals surface area contributed by atoms with Gasteiger partial charge in [-0.1, -0.05) is 72.3 Å². The van der Waals surface area contributed by atoms with Gasteiger partial charge in [-0.05, 0) is 44.0 Å². The average Bonchev–Trinajstić information content (AvgIpc) is 3.48. The van der Waals surface area contributed by atoms with E-state index in [1.807, 2.05) is 55.3 Å². The van der Waals surface area contributed by atoms with E-state index in [0.29, 0.717) is 36.2 Å². The van der Waals surface area contributed by atoms with Gasteiger partial charge in [0.05, 0.1) is 11.1 Å². The zero-order chi connectivity index (χ0) is 24.8. The molecule has 178 valence electrons. The summed E-state index contributed by atoms with van der Waals surface area (Å²) in [5.41, 5.74) is 2.65. The van der Waals surface area contributed by atoms with Crippen molar-refractivity contribution < 1.29 is 14.4 Å². The number of aromatic amines is 1. The SMILES string of the molecule is Cc1ccc([C@@H]2CN(C)C3(C(=O)c4ccccc4C3=O)[C@]23CCc2c([nH]c4ccccc24)C3=O)cc1. The third-order valence-electron chi connectivity index (χ3n) is 9.04. The highest BCUT2D eigenvalue weighted by Gasteiger charge is 2.76. The first-order valence-electron chi connectivity index (χ1n) is 12.5. The predicted molar refractivity (Wildman–Crippen MR) is 138 cm³/mol. The molecule has 1 fully saturated rings. The highest BCUT2D eigenvalue weighted by Crippen LogP contribution is 2.63. The van der Waals surface area contributed by atoms with Crippen molar-refractivity contribution in [2.24, 2.45) is 5.41 Å². The molecule has 36 heavy (non-hydrogen) atoms. The highest BCUT2D eigenvalue weighted by atomic mass is 16.2. The minimum Gasteiger partial charge on any atom is -0.352 e. The summed E-state index contributed by atoms with van der Waals surface area (Å²) in [5.74, 6) is -0.900. The molecule has 0 bridgehead atoms. The van der Waals surface area contributed by atoms with Crippen molar-refractivity contribution in [2.45, 2.75) is 31.2 Å². The van der Waals surface area contributed by atoms with E-state index in [2.05, 4.69) is 17.1 Å². The van der Waals surface area contributed by atoms with Gasteiger partial charge in [0.2, 0.25) is 0 Å². The molecule has 4 aromatic rings. The van der Waals surface area contributed by atoms with E-state index in [1.54, 1.807) is 24.3 Å². The number of likely N-dealkylation sites (N-methyl/N-ethyl adjacent to an activating group) is 1. The van der Waals surface area contributed by atoms with Crippen LogP contribution in [0.15, 0.2) is 72.8 Å². The molecule has 0 unspecified atom stereocenters. The summed E-state index contributed by atoms with van der Waals surface area (Å²) in [6, 6.07) is 23.2. The fraction of sp³-hybridized carbons (Fsp3) is 0.258. The first kappa shape index (κ1) is 21.5. The number of ketones is 3. The summed E-state index contributed by atoms with van der Waals surface area (Å²) in [7, 11) is 1.84. The number of para-hydroxylation sites is 1. The lowest BCUT2D eigenvalue weighted by molar-refractivity contribution is 0.0278. The molecular weight excluding hydrogens is 448 g/mol. The second kappa shape index (κ2) is 7.11. The molecule has 0 radical (unpaired) electrons. The molecule has 2 aliphatic carbocycles. The lowest BCUT2D eigenvalue weighted by atomic mass is 9.54. The molecule has 2 atom stereocenters. The maximum atomic E-state index is 14.8. The smallest absolute Gasteiger partial charge is 0.192 e. The van der Waals surface area contributed by atoms with E-state index in [9.17, 15) is 14.4 Å². The van der Waals surface area contributed by atoms with Crippen LogP contribution in [-0.2, 0) is 6.42 Å². The molecule has 5 heteroatoms. The van der Waals surface area contributed by atoms with Crippen LogP contribution in [0.5, 0.6) is 0 Å². The van der Waals surface area contributed by atoms with Crippen LogP contribution in [0.25, 0.3) is 10.9 Å². The Balaban J connectivity index is 1.53. The van der Waals surface area contributed by atoms with Gasteiger partial charge in [0.15, 0.2) is 22.9 Å². The Morgan fingerprint density at radius 2 is 1.47 bits per heavy atom. The number of carbonyl (C=O) groups excluding carboxylic acids is 3. The van der Waals surface area contributed by atoms with Gasteiger partial charge in [-0.15, -0.1) is 0 Å². The quantitative estimate of drug-likeness (QED) is 0.388. The first-order valence-corrected chi connectivity index (χ1v) is 12.5. The van der Waals surface area contributed by atoms with E-state index < -0.39 is 11.0 Å². The number of aryl methyl sites for hydroxylation is 2. The average molecular weight is 475 g/mol. The molecule has 2 heterocycles. The minimum absolute atomic E-state index is 0.121. The fourth-order valence-electron chi connectivity index (χ4n) is 7.46. The number of nitrogens with zero attached hydrogens (tertiary/aromatic N) is 1. The number of fused-ring (bicyclic) bond motifs is 5. The number of rotatable bonds is 1. The Hall–Kier alpha value is -3.83. The molecule has 0 saturated carbocycles. The second-order valence-electron chi connectivity index (χ2n) is 10.6. The molecule has 2 spiro atoms.